The molecule has 1 aliphatic heterocycles. The lowest BCUT2D eigenvalue weighted by Gasteiger charge is -2.26. The number of thiophene rings is 1. The largest absolute Gasteiger partial charge is 0.438 e. The van der Waals surface area contributed by atoms with Gasteiger partial charge in [-0.2, -0.15) is 10.5 Å². The van der Waals surface area contributed by atoms with E-state index in [1.807, 2.05) is 13.0 Å². The second kappa shape index (κ2) is 6.97. The van der Waals surface area contributed by atoms with E-state index < -0.39 is 17.3 Å². The Morgan fingerprint density at radius 1 is 1.34 bits per heavy atom. The SMILES string of the molecule is CCNc1sc2c3c(c(=O)[nH]c2c1C#N)C(c1ccccc1F)C(C#N)=C(N)O3. The van der Waals surface area contributed by atoms with Crippen molar-refractivity contribution in [3.63, 3.8) is 0 Å². The quantitative estimate of drug-likeness (QED) is 0.611. The minimum atomic E-state index is -1.02. The van der Waals surface area contributed by atoms with Gasteiger partial charge in [0.15, 0.2) is 5.75 Å². The van der Waals surface area contributed by atoms with Crippen LogP contribution in [-0.2, 0) is 0 Å². The number of hydrogen-bond acceptors (Lipinski definition) is 7. The average Bonchev–Trinajstić information content (AvgIpc) is 3.05. The summed E-state index contributed by atoms with van der Waals surface area (Å²) in [6, 6.07) is 9.93. The van der Waals surface area contributed by atoms with Crippen LogP contribution in [0.2, 0.25) is 0 Å². The lowest BCUT2D eigenvalue weighted by molar-refractivity contribution is 0.396. The molecule has 0 saturated heterocycles. The van der Waals surface area contributed by atoms with E-state index in [0.717, 1.165) is 0 Å². The minimum Gasteiger partial charge on any atom is -0.438 e. The maximum absolute atomic E-state index is 14.6. The lowest BCUT2D eigenvalue weighted by atomic mass is 9.84. The summed E-state index contributed by atoms with van der Waals surface area (Å²) in [7, 11) is 0. The average molecular weight is 407 g/mol. The summed E-state index contributed by atoms with van der Waals surface area (Å²) in [5.41, 5.74) is 6.20. The van der Waals surface area contributed by atoms with Gasteiger partial charge >= 0.3 is 0 Å². The first-order valence-electron chi connectivity index (χ1n) is 8.70. The molecule has 4 rings (SSSR count). The third kappa shape index (κ3) is 2.72. The fourth-order valence-corrected chi connectivity index (χ4v) is 4.63. The normalized spacial score (nSPS) is 15.4. The van der Waals surface area contributed by atoms with Crippen LogP contribution in [0.15, 0.2) is 40.5 Å². The Morgan fingerprint density at radius 2 is 2.10 bits per heavy atom. The Kier molecular flexibility index (Phi) is 4.45. The number of anilines is 1. The highest BCUT2D eigenvalue weighted by molar-refractivity contribution is 7.23. The van der Waals surface area contributed by atoms with E-state index in [1.165, 1.54) is 29.5 Å². The number of halogens is 1. The van der Waals surface area contributed by atoms with Crippen LogP contribution in [0.3, 0.4) is 0 Å². The molecule has 2 aromatic heterocycles. The number of benzene rings is 1. The number of allylic oxidation sites excluding steroid dienone is 1. The van der Waals surface area contributed by atoms with E-state index in [9.17, 15) is 19.7 Å². The second-order valence-electron chi connectivity index (χ2n) is 6.30. The molecule has 0 spiro atoms. The van der Waals surface area contributed by atoms with Crippen molar-refractivity contribution in [3.8, 4) is 17.9 Å². The Morgan fingerprint density at radius 3 is 2.76 bits per heavy atom. The molecule has 1 aliphatic rings. The van der Waals surface area contributed by atoms with E-state index in [2.05, 4.69) is 16.4 Å². The van der Waals surface area contributed by atoms with Gasteiger partial charge in [0.2, 0.25) is 5.88 Å². The number of aromatic amines is 1. The Balaban J connectivity index is 2.10. The smallest absolute Gasteiger partial charge is 0.256 e. The van der Waals surface area contributed by atoms with E-state index in [0.29, 0.717) is 21.8 Å². The van der Waals surface area contributed by atoms with Gasteiger partial charge in [-0.05, 0) is 13.0 Å². The molecule has 9 heteroatoms. The van der Waals surface area contributed by atoms with Gasteiger partial charge in [0.05, 0.1) is 21.7 Å². The number of H-pyrrole nitrogens is 1. The van der Waals surface area contributed by atoms with E-state index in [1.54, 1.807) is 6.07 Å². The van der Waals surface area contributed by atoms with Crippen LogP contribution in [0.4, 0.5) is 9.39 Å². The van der Waals surface area contributed by atoms with Crippen LogP contribution in [0.5, 0.6) is 5.75 Å². The van der Waals surface area contributed by atoms with Crippen molar-refractivity contribution >= 4 is 26.6 Å². The van der Waals surface area contributed by atoms with Gasteiger partial charge in [0.1, 0.15) is 34.1 Å². The zero-order valence-corrected chi connectivity index (χ0v) is 16.0. The first kappa shape index (κ1) is 18.5. The molecule has 29 heavy (non-hydrogen) atoms. The van der Waals surface area contributed by atoms with Crippen LogP contribution in [0, 0.1) is 28.5 Å². The van der Waals surface area contributed by atoms with Crippen molar-refractivity contribution in [2.75, 3.05) is 11.9 Å². The summed E-state index contributed by atoms with van der Waals surface area (Å²) in [5.74, 6) is -1.65. The van der Waals surface area contributed by atoms with Gasteiger partial charge in [-0.15, -0.1) is 11.3 Å². The molecule has 3 heterocycles. The van der Waals surface area contributed by atoms with Crippen LogP contribution >= 0.6 is 11.3 Å². The molecule has 3 aromatic rings. The highest BCUT2D eigenvalue weighted by Gasteiger charge is 2.37. The summed E-state index contributed by atoms with van der Waals surface area (Å²) in [5, 5.41) is 22.8. The zero-order chi connectivity index (χ0) is 20.7. The number of rotatable bonds is 3. The number of ether oxygens (including phenoxy) is 1. The molecule has 0 fully saturated rings. The summed E-state index contributed by atoms with van der Waals surface area (Å²) >= 11 is 1.23. The van der Waals surface area contributed by atoms with Crippen LogP contribution in [-0.4, -0.2) is 11.5 Å². The highest BCUT2D eigenvalue weighted by Crippen LogP contribution is 2.47. The number of aromatic nitrogens is 1. The molecular formula is C20H14FN5O2S. The molecule has 144 valence electrons. The molecular weight excluding hydrogens is 393 g/mol. The summed E-state index contributed by atoms with van der Waals surface area (Å²) in [6.45, 7) is 2.46. The maximum atomic E-state index is 14.6. The number of nitrogens with two attached hydrogens (primary N) is 1. The van der Waals surface area contributed by atoms with Crippen LogP contribution in [0.25, 0.3) is 10.2 Å². The van der Waals surface area contributed by atoms with Crippen molar-refractivity contribution in [1.29, 1.82) is 10.5 Å². The predicted molar refractivity (Wildman–Crippen MR) is 107 cm³/mol. The number of hydrogen-bond donors (Lipinski definition) is 3. The van der Waals surface area contributed by atoms with Gasteiger partial charge < -0.3 is 20.8 Å². The van der Waals surface area contributed by atoms with Gasteiger partial charge in [-0.25, -0.2) is 4.39 Å². The summed E-state index contributed by atoms with van der Waals surface area (Å²) in [4.78, 5) is 15.7. The molecule has 7 nitrogen and oxygen atoms in total. The minimum absolute atomic E-state index is 0.0450. The highest BCUT2D eigenvalue weighted by atomic mass is 32.1. The summed E-state index contributed by atoms with van der Waals surface area (Å²) in [6.07, 6.45) is 0. The van der Waals surface area contributed by atoms with Gasteiger partial charge in [-0.1, -0.05) is 18.2 Å². The number of fused-ring (bicyclic) bond motifs is 3. The maximum Gasteiger partial charge on any atom is 0.256 e. The van der Waals surface area contributed by atoms with Crippen LogP contribution < -0.4 is 21.3 Å². The zero-order valence-electron chi connectivity index (χ0n) is 15.2. The third-order valence-corrected chi connectivity index (χ3v) is 5.83. The number of nitrogens with zero attached hydrogens (tertiary/aromatic N) is 2. The topological polar surface area (TPSA) is 128 Å². The standard InChI is InChI=1S/C20H14FN5O2S/c1-2-25-20-11(8-23)15-17(29-20)16-14(19(27)26-15)13(10(7-22)18(24)28-16)9-5-3-4-6-12(9)21/h3-6,13,25H,2,24H2,1H3,(H,26,27). The number of pyridine rings is 1. The van der Waals surface area contributed by atoms with Gasteiger partial charge in [-0.3, -0.25) is 4.79 Å². The molecule has 0 bridgehead atoms. The molecule has 0 amide bonds. The molecule has 0 aliphatic carbocycles. The fraction of sp³-hybridized carbons (Fsp3) is 0.150. The van der Waals surface area contributed by atoms with Crippen molar-refractivity contribution in [3.05, 3.63) is 68.6 Å². The van der Waals surface area contributed by atoms with E-state index >= 15 is 0 Å². The first-order chi connectivity index (χ1) is 14.0. The van der Waals surface area contributed by atoms with Crippen molar-refractivity contribution in [2.45, 2.75) is 12.8 Å². The molecule has 1 aromatic carbocycles. The van der Waals surface area contributed by atoms with Crippen molar-refractivity contribution < 1.29 is 9.13 Å². The van der Waals surface area contributed by atoms with E-state index in [4.69, 9.17) is 10.5 Å². The van der Waals surface area contributed by atoms with Crippen molar-refractivity contribution in [2.24, 2.45) is 5.73 Å². The Bertz CT molecular complexity index is 1330. The van der Waals surface area contributed by atoms with Gasteiger partial charge in [0.25, 0.3) is 5.56 Å². The number of nitriles is 2. The van der Waals surface area contributed by atoms with E-state index in [-0.39, 0.29) is 33.9 Å². The van der Waals surface area contributed by atoms with Crippen molar-refractivity contribution in [1.82, 2.24) is 4.98 Å². The fourth-order valence-electron chi connectivity index (χ4n) is 3.46. The molecule has 1 atom stereocenters. The predicted octanol–water partition coefficient (Wildman–Crippen LogP) is 3.25. The molecule has 0 radical (unpaired) electrons. The molecule has 1 unspecified atom stereocenters. The number of nitrogens with one attached hydrogen (secondary N) is 2. The molecule has 0 saturated carbocycles. The summed E-state index contributed by atoms with van der Waals surface area (Å²) < 4.78 is 20.8. The monoisotopic (exact) mass is 407 g/mol. The Labute approximate surface area is 168 Å². The second-order valence-corrected chi connectivity index (χ2v) is 7.32. The molecule has 4 N–H and O–H groups in total. The van der Waals surface area contributed by atoms with Crippen LogP contribution in [0.1, 0.15) is 29.5 Å². The lowest BCUT2D eigenvalue weighted by Crippen LogP contribution is -2.28. The third-order valence-electron chi connectivity index (χ3n) is 4.68. The first-order valence-corrected chi connectivity index (χ1v) is 9.52. The Hall–Kier alpha value is -3.82. The van der Waals surface area contributed by atoms with Gasteiger partial charge in [0, 0.05) is 12.1 Å².